The standard InChI is InChI=1S/C13H13BrO2/c14-8-11(15)9-16-13-7-3-5-10-4-1-2-6-12(10)13/h1-7,11,15H,8-9H2. The van der Waals surface area contributed by atoms with E-state index in [0.29, 0.717) is 11.9 Å². The van der Waals surface area contributed by atoms with Crippen LogP contribution in [0.15, 0.2) is 42.5 Å². The van der Waals surface area contributed by atoms with Gasteiger partial charge in [0.25, 0.3) is 0 Å². The molecule has 1 N–H and O–H groups in total. The number of aliphatic hydroxyl groups excluding tert-OH is 1. The Balaban J connectivity index is 2.23. The minimum Gasteiger partial charge on any atom is -0.490 e. The normalized spacial score (nSPS) is 12.6. The van der Waals surface area contributed by atoms with E-state index in [2.05, 4.69) is 15.9 Å². The van der Waals surface area contributed by atoms with Crippen molar-refractivity contribution >= 4 is 26.7 Å². The van der Waals surface area contributed by atoms with Crippen molar-refractivity contribution in [3.63, 3.8) is 0 Å². The molecule has 0 saturated carbocycles. The minimum atomic E-state index is -0.473. The van der Waals surface area contributed by atoms with Crippen molar-refractivity contribution in [1.82, 2.24) is 0 Å². The van der Waals surface area contributed by atoms with Crippen LogP contribution in [0.1, 0.15) is 0 Å². The molecule has 0 aromatic heterocycles. The molecule has 84 valence electrons. The second-order valence-corrected chi connectivity index (χ2v) is 4.24. The van der Waals surface area contributed by atoms with Crippen molar-refractivity contribution in [2.75, 3.05) is 11.9 Å². The maximum atomic E-state index is 9.42. The molecule has 0 amide bonds. The lowest BCUT2D eigenvalue weighted by Crippen LogP contribution is -2.18. The summed E-state index contributed by atoms with van der Waals surface area (Å²) < 4.78 is 5.59. The molecule has 0 bridgehead atoms. The summed E-state index contributed by atoms with van der Waals surface area (Å²) in [6.45, 7) is 0.305. The Kier molecular flexibility index (Phi) is 3.80. The largest absolute Gasteiger partial charge is 0.490 e. The van der Waals surface area contributed by atoms with Gasteiger partial charge in [-0.2, -0.15) is 0 Å². The molecule has 1 unspecified atom stereocenters. The number of ether oxygens (including phenoxy) is 1. The van der Waals surface area contributed by atoms with Gasteiger partial charge in [-0.15, -0.1) is 0 Å². The predicted molar refractivity (Wildman–Crippen MR) is 69.2 cm³/mol. The first-order valence-electron chi connectivity index (χ1n) is 5.16. The second kappa shape index (κ2) is 5.32. The summed E-state index contributed by atoms with van der Waals surface area (Å²) >= 11 is 3.21. The van der Waals surface area contributed by atoms with Crippen LogP contribution in [0.4, 0.5) is 0 Å². The predicted octanol–water partition coefficient (Wildman–Crippen LogP) is 2.97. The molecule has 16 heavy (non-hydrogen) atoms. The summed E-state index contributed by atoms with van der Waals surface area (Å²) in [7, 11) is 0. The molecule has 0 aliphatic rings. The first kappa shape index (κ1) is 11.4. The highest BCUT2D eigenvalue weighted by Crippen LogP contribution is 2.25. The molecule has 2 aromatic carbocycles. The summed E-state index contributed by atoms with van der Waals surface area (Å²) in [6.07, 6.45) is -0.473. The van der Waals surface area contributed by atoms with Gasteiger partial charge >= 0.3 is 0 Å². The summed E-state index contributed by atoms with van der Waals surface area (Å²) in [6, 6.07) is 14.0. The molecule has 0 spiro atoms. The van der Waals surface area contributed by atoms with Crippen molar-refractivity contribution in [3.8, 4) is 5.75 Å². The van der Waals surface area contributed by atoms with Crippen molar-refractivity contribution in [2.24, 2.45) is 0 Å². The molecule has 2 nitrogen and oxygen atoms in total. The van der Waals surface area contributed by atoms with Gasteiger partial charge in [-0.05, 0) is 11.5 Å². The first-order valence-corrected chi connectivity index (χ1v) is 6.28. The summed E-state index contributed by atoms with van der Waals surface area (Å²) in [4.78, 5) is 0. The molecular weight excluding hydrogens is 268 g/mol. The SMILES string of the molecule is OC(CBr)COc1cccc2ccccc12. The van der Waals surface area contributed by atoms with Crippen molar-refractivity contribution in [3.05, 3.63) is 42.5 Å². The summed E-state index contributed by atoms with van der Waals surface area (Å²) in [5.41, 5.74) is 0. The number of aliphatic hydroxyl groups is 1. The average Bonchev–Trinajstić information content (AvgIpc) is 2.35. The van der Waals surface area contributed by atoms with Crippen molar-refractivity contribution in [1.29, 1.82) is 0 Å². The minimum absolute atomic E-state index is 0.305. The Hall–Kier alpha value is -1.06. The molecule has 2 rings (SSSR count). The van der Waals surface area contributed by atoms with Crippen LogP contribution in [0.5, 0.6) is 5.75 Å². The van der Waals surface area contributed by atoms with Gasteiger partial charge in [0.2, 0.25) is 0 Å². The third-order valence-corrected chi connectivity index (χ3v) is 3.11. The number of fused-ring (bicyclic) bond motifs is 1. The van der Waals surface area contributed by atoms with Gasteiger partial charge in [0.05, 0.1) is 6.10 Å². The maximum Gasteiger partial charge on any atom is 0.127 e. The van der Waals surface area contributed by atoms with Crippen LogP contribution >= 0.6 is 15.9 Å². The van der Waals surface area contributed by atoms with Crippen LogP contribution in [0.3, 0.4) is 0 Å². The molecular formula is C13H13BrO2. The van der Waals surface area contributed by atoms with Gasteiger partial charge in [0, 0.05) is 10.7 Å². The van der Waals surface area contributed by atoms with Crippen LogP contribution in [0, 0.1) is 0 Å². The monoisotopic (exact) mass is 280 g/mol. The zero-order valence-electron chi connectivity index (χ0n) is 8.77. The molecule has 1 atom stereocenters. The van der Waals surface area contributed by atoms with E-state index in [9.17, 15) is 5.11 Å². The fourth-order valence-corrected chi connectivity index (χ4v) is 1.74. The molecule has 2 aromatic rings. The topological polar surface area (TPSA) is 29.5 Å². The fourth-order valence-electron chi connectivity index (χ4n) is 1.55. The van der Waals surface area contributed by atoms with E-state index in [0.717, 1.165) is 16.5 Å². The quantitative estimate of drug-likeness (QED) is 0.873. The number of hydrogen-bond acceptors (Lipinski definition) is 2. The van der Waals surface area contributed by atoms with Crippen molar-refractivity contribution in [2.45, 2.75) is 6.10 Å². The molecule has 0 fully saturated rings. The van der Waals surface area contributed by atoms with E-state index in [1.807, 2.05) is 42.5 Å². The lowest BCUT2D eigenvalue weighted by atomic mass is 10.1. The zero-order chi connectivity index (χ0) is 11.4. The molecule has 0 heterocycles. The number of halogens is 1. The van der Waals surface area contributed by atoms with Gasteiger partial charge in [-0.1, -0.05) is 52.3 Å². The smallest absolute Gasteiger partial charge is 0.127 e. The number of rotatable bonds is 4. The highest BCUT2D eigenvalue weighted by atomic mass is 79.9. The number of benzene rings is 2. The second-order valence-electron chi connectivity index (χ2n) is 3.60. The zero-order valence-corrected chi connectivity index (χ0v) is 10.4. The highest BCUT2D eigenvalue weighted by Gasteiger charge is 2.05. The molecule has 0 aliphatic heterocycles. The van der Waals surface area contributed by atoms with Crippen LogP contribution in [0.25, 0.3) is 10.8 Å². The number of alkyl halides is 1. The maximum absolute atomic E-state index is 9.42. The van der Waals surface area contributed by atoms with E-state index in [1.54, 1.807) is 0 Å². The van der Waals surface area contributed by atoms with Gasteiger partial charge in [-0.25, -0.2) is 0 Å². The molecule has 0 aliphatic carbocycles. The lowest BCUT2D eigenvalue weighted by Gasteiger charge is -2.11. The Morgan fingerprint density at radius 3 is 2.69 bits per heavy atom. The first-order chi connectivity index (χ1) is 7.81. The Bertz CT molecular complexity index is 465. The van der Waals surface area contributed by atoms with Crippen molar-refractivity contribution < 1.29 is 9.84 Å². The third-order valence-electron chi connectivity index (χ3n) is 2.36. The fraction of sp³-hybridized carbons (Fsp3) is 0.231. The highest BCUT2D eigenvalue weighted by molar-refractivity contribution is 9.09. The van der Waals surface area contributed by atoms with Crippen LogP contribution < -0.4 is 4.74 Å². The van der Waals surface area contributed by atoms with E-state index in [4.69, 9.17) is 4.74 Å². The summed E-state index contributed by atoms with van der Waals surface area (Å²) in [5, 5.41) is 12.2. The van der Waals surface area contributed by atoms with Gasteiger partial charge in [0.15, 0.2) is 0 Å². The van der Waals surface area contributed by atoms with E-state index < -0.39 is 6.10 Å². The Labute approximate surface area is 103 Å². The average molecular weight is 281 g/mol. The van der Waals surface area contributed by atoms with Gasteiger partial charge in [0.1, 0.15) is 12.4 Å². The van der Waals surface area contributed by atoms with Crippen LogP contribution in [0.2, 0.25) is 0 Å². The van der Waals surface area contributed by atoms with Crippen LogP contribution in [-0.2, 0) is 0 Å². The molecule has 0 radical (unpaired) electrons. The summed E-state index contributed by atoms with van der Waals surface area (Å²) in [5.74, 6) is 0.818. The molecule has 0 saturated heterocycles. The van der Waals surface area contributed by atoms with E-state index in [-0.39, 0.29) is 0 Å². The Morgan fingerprint density at radius 2 is 1.88 bits per heavy atom. The van der Waals surface area contributed by atoms with Gasteiger partial charge in [-0.3, -0.25) is 0 Å². The third kappa shape index (κ3) is 2.54. The van der Waals surface area contributed by atoms with E-state index >= 15 is 0 Å². The van der Waals surface area contributed by atoms with Gasteiger partial charge < -0.3 is 9.84 Å². The number of hydrogen-bond donors (Lipinski definition) is 1. The Morgan fingerprint density at radius 1 is 1.12 bits per heavy atom. The molecule has 3 heteroatoms. The lowest BCUT2D eigenvalue weighted by molar-refractivity contribution is 0.128. The van der Waals surface area contributed by atoms with Crippen LogP contribution in [-0.4, -0.2) is 23.1 Å². The van der Waals surface area contributed by atoms with E-state index in [1.165, 1.54) is 0 Å².